The van der Waals surface area contributed by atoms with E-state index < -0.39 is 0 Å². The monoisotopic (exact) mass is 274 g/mol. The van der Waals surface area contributed by atoms with Gasteiger partial charge in [0.2, 0.25) is 11.8 Å². The number of aliphatic hydroxyl groups excluding tert-OH is 1. The number of hydrogen-bond donors (Lipinski definition) is 3. The molecular formula is C15H18N2O3. The van der Waals surface area contributed by atoms with E-state index in [-0.39, 0.29) is 25.0 Å². The molecule has 0 saturated carbocycles. The lowest BCUT2D eigenvalue weighted by molar-refractivity contribution is -0.124. The van der Waals surface area contributed by atoms with Crippen LogP contribution in [0.1, 0.15) is 24.8 Å². The summed E-state index contributed by atoms with van der Waals surface area (Å²) in [7, 11) is 0. The van der Waals surface area contributed by atoms with E-state index >= 15 is 0 Å². The number of carbonyl (C=O) groups is 2. The van der Waals surface area contributed by atoms with E-state index in [0.717, 1.165) is 5.56 Å². The molecule has 20 heavy (non-hydrogen) atoms. The number of anilines is 1. The topological polar surface area (TPSA) is 78.4 Å². The van der Waals surface area contributed by atoms with Crippen molar-refractivity contribution in [2.45, 2.75) is 25.9 Å². The highest BCUT2D eigenvalue weighted by Crippen LogP contribution is 2.09. The number of hydrogen-bond acceptors (Lipinski definition) is 3. The maximum atomic E-state index is 11.6. The first kappa shape index (κ1) is 15.7. The number of benzene rings is 1. The Hall–Kier alpha value is -2.32. The van der Waals surface area contributed by atoms with Gasteiger partial charge in [-0.1, -0.05) is 12.1 Å². The van der Waals surface area contributed by atoms with Crippen LogP contribution in [0.15, 0.2) is 24.3 Å². The minimum atomic E-state index is -0.299. The molecule has 0 radical (unpaired) electrons. The predicted molar refractivity (Wildman–Crippen MR) is 76.7 cm³/mol. The molecule has 2 amide bonds. The van der Waals surface area contributed by atoms with Gasteiger partial charge in [-0.15, -0.1) is 12.3 Å². The quantitative estimate of drug-likeness (QED) is 0.513. The van der Waals surface area contributed by atoms with Crippen molar-refractivity contribution in [3.05, 3.63) is 29.8 Å². The zero-order valence-electron chi connectivity index (χ0n) is 11.2. The van der Waals surface area contributed by atoms with Gasteiger partial charge in [0.1, 0.15) is 0 Å². The molecule has 0 aliphatic rings. The number of amides is 2. The molecule has 0 saturated heterocycles. The second-order valence-corrected chi connectivity index (χ2v) is 4.24. The van der Waals surface area contributed by atoms with Crippen LogP contribution in [0.3, 0.4) is 0 Å². The highest BCUT2D eigenvalue weighted by Gasteiger charge is 2.05. The fraction of sp³-hybridized carbons (Fsp3) is 0.333. The van der Waals surface area contributed by atoms with Crippen molar-refractivity contribution in [2.75, 3.05) is 11.9 Å². The Kier molecular flexibility index (Phi) is 6.87. The molecule has 0 aliphatic heterocycles. The molecule has 0 unspecified atom stereocenters. The smallest absolute Gasteiger partial charge is 0.243 e. The number of unbranched alkanes of at least 4 members (excludes halogenated alkanes) is 1. The third-order valence-electron chi connectivity index (χ3n) is 2.59. The van der Waals surface area contributed by atoms with Crippen LogP contribution in [-0.4, -0.2) is 23.5 Å². The van der Waals surface area contributed by atoms with Crippen molar-refractivity contribution in [1.29, 1.82) is 0 Å². The van der Waals surface area contributed by atoms with Crippen LogP contribution in [0.2, 0.25) is 0 Å². The third-order valence-corrected chi connectivity index (χ3v) is 2.59. The Labute approximate surface area is 118 Å². The maximum Gasteiger partial charge on any atom is 0.243 e. The highest BCUT2D eigenvalue weighted by molar-refractivity contribution is 5.94. The normalized spacial score (nSPS) is 9.60. The van der Waals surface area contributed by atoms with Crippen LogP contribution in [0.5, 0.6) is 0 Å². The molecule has 1 aromatic carbocycles. The van der Waals surface area contributed by atoms with Crippen LogP contribution in [0.25, 0.3) is 0 Å². The highest BCUT2D eigenvalue weighted by atomic mass is 16.3. The van der Waals surface area contributed by atoms with Crippen LogP contribution in [0.4, 0.5) is 5.69 Å². The van der Waals surface area contributed by atoms with Crippen molar-refractivity contribution in [1.82, 2.24) is 5.32 Å². The van der Waals surface area contributed by atoms with Gasteiger partial charge >= 0.3 is 0 Å². The lowest BCUT2D eigenvalue weighted by Crippen LogP contribution is -2.32. The largest absolute Gasteiger partial charge is 0.392 e. The Bertz CT molecular complexity index is 489. The molecule has 0 bridgehead atoms. The van der Waals surface area contributed by atoms with E-state index in [1.165, 1.54) is 0 Å². The van der Waals surface area contributed by atoms with Crippen LogP contribution < -0.4 is 10.6 Å². The van der Waals surface area contributed by atoms with Crippen LogP contribution in [-0.2, 0) is 16.2 Å². The van der Waals surface area contributed by atoms with Gasteiger partial charge in [0, 0.05) is 18.5 Å². The second-order valence-electron chi connectivity index (χ2n) is 4.24. The van der Waals surface area contributed by atoms with Crippen molar-refractivity contribution in [3.8, 4) is 12.3 Å². The molecule has 0 heterocycles. The molecule has 1 aromatic rings. The van der Waals surface area contributed by atoms with E-state index in [4.69, 9.17) is 11.5 Å². The number of rotatable bonds is 7. The SMILES string of the molecule is C#CCCCC(=O)NCC(=O)Nc1ccc(CO)cc1. The van der Waals surface area contributed by atoms with Gasteiger partial charge in [-0.05, 0) is 24.1 Å². The Morgan fingerprint density at radius 2 is 1.90 bits per heavy atom. The molecule has 1 rings (SSSR count). The number of carbonyl (C=O) groups excluding carboxylic acids is 2. The molecule has 3 N–H and O–H groups in total. The van der Waals surface area contributed by atoms with E-state index in [9.17, 15) is 9.59 Å². The lowest BCUT2D eigenvalue weighted by Gasteiger charge is -2.07. The minimum absolute atomic E-state index is 0.0397. The van der Waals surface area contributed by atoms with Gasteiger partial charge in [-0.2, -0.15) is 0 Å². The molecule has 5 heteroatoms. The molecule has 0 spiro atoms. The maximum absolute atomic E-state index is 11.6. The summed E-state index contributed by atoms with van der Waals surface area (Å²) in [4.78, 5) is 23.0. The second kappa shape index (κ2) is 8.73. The first-order chi connectivity index (χ1) is 9.65. The van der Waals surface area contributed by atoms with Gasteiger partial charge in [-0.25, -0.2) is 0 Å². The number of terminal acetylenes is 1. The summed E-state index contributed by atoms with van der Waals surface area (Å²) in [6.45, 7) is -0.113. The number of nitrogens with one attached hydrogen (secondary N) is 2. The summed E-state index contributed by atoms with van der Waals surface area (Å²) < 4.78 is 0. The molecule has 106 valence electrons. The first-order valence-corrected chi connectivity index (χ1v) is 6.35. The Balaban J connectivity index is 2.29. The van der Waals surface area contributed by atoms with Gasteiger partial charge < -0.3 is 15.7 Å². The zero-order chi connectivity index (χ0) is 14.8. The number of aliphatic hydroxyl groups is 1. The standard InChI is InChI=1S/C15H18N2O3/c1-2-3-4-5-14(19)16-10-15(20)17-13-8-6-12(11-18)7-9-13/h1,6-9,18H,3-5,10-11H2,(H,16,19)(H,17,20). The summed E-state index contributed by atoms with van der Waals surface area (Å²) in [5, 5.41) is 14.1. The van der Waals surface area contributed by atoms with Crippen molar-refractivity contribution in [3.63, 3.8) is 0 Å². The Morgan fingerprint density at radius 3 is 2.50 bits per heavy atom. The summed E-state index contributed by atoms with van der Waals surface area (Å²) in [5.41, 5.74) is 1.39. The van der Waals surface area contributed by atoms with Crippen molar-refractivity contribution < 1.29 is 14.7 Å². The van der Waals surface area contributed by atoms with Gasteiger partial charge in [0.25, 0.3) is 0 Å². The molecule has 0 atom stereocenters. The average Bonchev–Trinajstić information content (AvgIpc) is 2.46. The summed E-state index contributed by atoms with van der Waals surface area (Å²) in [6, 6.07) is 6.82. The predicted octanol–water partition coefficient (Wildman–Crippen LogP) is 1.04. The third kappa shape index (κ3) is 6.03. The Morgan fingerprint density at radius 1 is 1.20 bits per heavy atom. The molecule has 0 aromatic heterocycles. The lowest BCUT2D eigenvalue weighted by atomic mass is 10.2. The average molecular weight is 274 g/mol. The van der Waals surface area contributed by atoms with Crippen molar-refractivity contribution in [2.24, 2.45) is 0 Å². The van der Waals surface area contributed by atoms with E-state index in [2.05, 4.69) is 16.6 Å². The van der Waals surface area contributed by atoms with Gasteiger partial charge in [-0.3, -0.25) is 9.59 Å². The van der Waals surface area contributed by atoms with E-state index in [0.29, 0.717) is 24.9 Å². The van der Waals surface area contributed by atoms with Gasteiger partial charge in [0.05, 0.1) is 13.2 Å². The molecule has 0 aliphatic carbocycles. The van der Waals surface area contributed by atoms with Gasteiger partial charge in [0.15, 0.2) is 0 Å². The van der Waals surface area contributed by atoms with E-state index in [1.807, 2.05) is 0 Å². The minimum Gasteiger partial charge on any atom is -0.392 e. The fourth-order valence-electron chi connectivity index (χ4n) is 1.52. The van der Waals surface area contributed by atoms with Crippen molar-refractivity contribution >= 4 is 17.5 Å². The molecule has 0 fully saturated rings. The zero-order valence-corrected chi connectivity index (χ0v) is 11.2. The summed E-state index contributed by atoms with van der Waals surface area (Å²) in [6.07, 6.45) is 6.57. The molecular weight excluding hydrogens is 256 g/mol. The fourth-order valence-corrected chi connectivity index (χ4v) is 1.52. The van der Waals surface area contributed by atoms with Crippen LogP contribution >= 0.6 is 0 Å². The first-order valence-electron chi connectivity index (χ1n) is 6.35. The summed E-state index contributed by atoms with van der Waals surface area (Å²) >= 11 is 0. The van der Waals surface area contributed by atoms with E-state index in [1.54, 1.807) is 24.3 Å². The molecule has 5 nitrogen and oxygen atoms in total. The summed E-state index contributed by atoms with van der Waals surface area (Å²) in [5.74, 6) is 1.96. The van der Waals surface area contributed by atoms with Crippen LogP contribution in [0, 0.1) is 12.3 Å².